The van der Waals surface area contributed by atoms with E-state index in [0.717, 1.165) is 0 Å². The highest BCUT2D eigenvalue weighted by Gasteiger charge is 2.30. The zero-order valence-electron chi connectivity index (χ0n) is 16.9. The Balaban J connectivity index is 1.62. The van der Waals surface area contributed by atoms with Crippen LogP contribution in [0.1, 0.15) is 41.8 Å². The van der Waals surface area contributed by atoms with Crippen LogP contribution in [0.15, 0.2) is 22.9 Å². The molecule has 4 rings (SSSR count). The molecule has 0 bridgehead atoms. The average molecular weight is 400 g/mol. The van der Waals surface area contributed by atoms with E-state index in [-0.39, 0.29) is 5.89 Å². The molecule has 0 spiro atoms. The van der Waals surface area contributed by atoms with Crippen molar-refractivity contribution in [3.63, 3.8) is 0 Å². The standard InChI is InChI=1S/C20H22F2N6O/c1-10-6-15-17(28(5)12(3)27(15)4)11(2)14(10)7-16-23-8-13(9-24-16)19-25-26-20(29-19)18(21)22/h6,8-9,12,18H,7H2,1-5H3. The van der Waals surface area contributed by atoms with Crippen molar-refractivity contribution in [3.8, 4) is 11.5 Å². The molecular weight excluding hydrogens is 378 g/mol. The third kappa shape index (κ3) is 3.20. The highest BCUT2D eigenvalue weighted by molar-refractivity contribution is 5.82. The van der Waals surface area contributed by atoms with Gasteiger partial charge in [-0.3, -0.25) is 0 Å². The molecule has 1 aromatic carbocycles. The molecule has 2 aromatic heterocycles. The Bertz CT molecular complexity index is 1050. The number of halogens is 2. The Morgan fingerprint density at radius 2 is 1.79 bits per heavy atom. The lowest BCUT2D eigenvalue weighted by atomic mass is 9.96. The molecule has 0 saturated heterocycles. The van der Waals surface area contributed by atoms with Gasteiger partial charge in [-0.1, -0.05) is 0 Å². The SMILES string of the molecule is Cc1cc2c(c(C)c1Cc1ncc(-c3nnc(C(F)F)o3)cn1)N(C)C(C)N2C. The second-order valence-electron chi connectivity index (χ2n) is 7.33. The first-order valence-corrected chi connectivity index (χ1v) is 9.29. The lowest BCUT2D eigenvalue weighted by Crippen LogP contribution is -2.35. The van der Waals surface area contributed by atoms with E-state index in [0.29, 0.717) is 24.0 Å². The highest BCUT2D eigenvalue weighted by atomic mass is 19.3. The van der Waals surface area contributed by atoms with E-state index in [9.17, 15) is 8.78 Å². The molecule has 3 aromatic rings. The van der Waals surface area contributed by atoms with Crippen LogP contribution in [0.2, 0.25) is 0 Å². The van der Waals surface area contributed by atoms with E-state index in [1.807, 2.05) is 0 Å². The third-order valence-corrected chi connectivity index (χ3v) is 5.65. The summed E-state index contributed by atoms with van der Waals surface area (Å²) in [6.45, 7) is 6.40. The molecule has 1 unspecified atom stereocenters. The minimum absolute atomic E-state index is 0.0182. The fraction of sp³-hybridized carbons (Fsp3) is 0.400. The van der Waals surface area contributed by atoms with Gasteiger partial charge >= 0.3 is 6.43 Å². The molecule has 0 saturated carbocycles. The number of nitrogens with zero attached hydrogens (tertiary/aromatic N) is 6. The molecule has 1 atom stereocenters. The molecule has 29 heavy (non-hydrogen) atoms. The van der Waals surface area contributed by atoms with Crippen molar-refractivity contribution in [1.29, 1.82) is 0 Å². The number of hydrogen-bond acceptors (Lipinski definition) is 7. The first kappa shape index (κ1) is 19.2. The Hall–Kier alpha value is -3.10. The van der Waals surface area contributed by atoms with Crippen molar-refractivity contribution in [2.24, 2.45) is 0 Å². The number of benzene rings is 1. The number of anilines is 2. The lowest BCUT2D eigenvalue weighted by molar-refractivity contribution is 0.116. The van der Waals surface area contributed by atoms with Gasteiger partial charge in [0.1, 0.15) is 5.82 Å². The van der Waals surface area contributed by atoms with E-state index in [1.54, 1.807) is 0 Å². The zero-order valence-corrected chi connectivity index (χ0v) is 16.9. The normalized spacial score (nSPS) is 16.1. The van der Waals surface area contributed by atoms with Crippen LogP contribution in [0.4, 0.5) is 20.2 Å². The first-order valence-electron chi connectivity index (χ1n) is 9.29. The van der Waals surface area contributed by atoms with Gasteiger partial charge in [0.15, 0.2) is 0 Å². The number of aromatic nitrogens is 4. The second-order valence-corrected chi connectivity index (χ2v) is 7.33. The van der Waals surface area contributed by atoms with Crippen LogP contribution in [-0.2, 0) is 6.42 Å². The summed E-state index contributed by atoms with van der Waals surface area (Å²) in [4.78, 5) is 13.3. The summed E-state index contributed by atoms with van der Waals surface area (Å²) >= 11 is 0. The molecule has 0 radical (unpaired) electrons. The summed E-state index contributed by atoms with van der Waals surface area (Å²) < 4.78 is 30.2. The van der Waals surface area contributed by atoms with Gasteiger partial charge in [-0.25, -0.2) is 9.97 Å². The number of hydrogen-bond donors (Lipinski definition) is 0. The van der Waals surface area contributed by atoms with Gasteiger partial charge in [0, 0.05) is 32.9 Å². The molecule has 7 nitrogen and oxygen atoms in total. The molecule has 0 fully saturated rings. The summed E-state index contributed by atoms with van der Waals surface area (Å²) in [6, 6.07) is 2.20. The predicted molar refractivity (Wildman–Crippen MR) is 105 cm³/mol. The topological polar surface area (TPSA) is 71.2 Å². The van der Waals surface area contributed by atoms with Gasteiger partial charge < -0.3 is 14.2 Å². The summed E-state index contributed by atoms with van der Waals surface area (Å²) in [7, 11) is 4.20. The maximum Gasteiger partial charge on any atom is 0.314 e. The Morgan fingerprint density at radius 3 is 2.41 bits per heavy atom. The molecular formula is C20H22F2N6O. The fourth-order valence-corrected chi connectivity index (χ4v) is 3.78. The summed E-state index contributed by atoms with van der Waals surface area (Å²) in [5, 5.41) is 6.95. The van der Waals surface area contributed by atoms with Crippen molar-refractivity contribution in [2.75, 3.05) is 23.9 Å². The molecule has 9 heteroatoms. The smallest absolute Gasteiger partial charge is 0.314 e. The molecule has 0 amide bonds. The van der Waals surface area contributed by atoms with E-state index in [1.165, 1.54) is 40.5 Å². The van der Waals surface area contributed by atoms with E-state index < -0.39 is 12.3 Å². The molecule has 0 aliphatic carbocycles. The van der Waals surface area contributed by atoms with Gasteiger partial charge in [-0.15, -0.1) is 10.2 Å². The van der Waals surface area contributed by atoms with Crippen LogP contribution in [0.3, 0.4) is 0 Å². The third-order valence-electron chi connectivity index (χ3n) is 5.65. The minimum Gasteiger partial charge on any atom is -0.415 e. The highest BCUT2D eigenvalue weighted by Crippen LogP contribution is 2.43. The largest absolute Gasteiger partial charge is 0.415 e. The van der Waals surface area contributed by atoms with Crippen LogP contribution in [0.5, 0.6) is 0 Å². The Labute approximate surface area is 167 Å². The average Bonchev–Trinajstić information content (AvgIpc) is 3.27. The van der Waals surface area contributed by atoms with Crippen molar-refractivity contribution >= 4 is 11.4 Å². The van der Waals surface area contributed by atoms with Crippen LogP contribution >= 0.6 is 0 Å². The summed E-state index contributed by atoms with van der Waals surface area (Å²) in [5.74, 6) is -0.0947. The number of aryl methyl sites for hydroxylation is 1. The number of alkyl halides is 2. The van der Waals surface area contributed by atoms with E-state index in [4.69, 9.17) is 4.42 Å². The number of rotatable bonds is 4. The molecule has 3 heterocycles. The van der Waals surface area contributed by atoms with Crippen molar-refractivity contribution in [2.45, 2.75) is 39.8 Å². The van der Waals surface area contributed by atoms with Gasteiger partial charge in [0.05, 0.1) is 23.1 Å². The Morgan fingerprint density at radius 1 is 1.10 bits per heavy atom. The maximum absolute atomic E-state index is 12.6. The lowest BCUT2D eigenvalue weighted by Gasteiger charge is -2.23. The van der Waals surface area contributed by atoms with Crippen molar-refractivity contribution in [3.05, 3.63) is 46.9 Å². The molecule has 0 N–H and O–H groups in total. The maximum atomic E-state index is 12.6. The number of fused-ring (bicyclic) bond motifs is 1. The first-order chi connectivity index (χ1) is 13.8. The quantitative estimate of drug-likeness (QED) is 0.658. The summed E-state index contributed by atoms with van der Waals surface area (Å²) in [5.41, 5.74) is 6.44. The van der Waals surface area contributed by atoms with Crippen molar-refractivity contribution in [1.82, 2.24) is 20.2 Å². The van der Waals surface area contributed by atoms with Crippen LogP contribution < -0.4 is 9.80 Å². The van der Waals surface area contributed by atoms with Crippen LogP contribution in [-0.4, -0.2) is 40.4 Å². The van der Waals surface area contributed by atoms with Gasteiger partial charge in [-0.2, -0.15) is 8.78 Å². The van der Waals surface area contributed by atoms with Crippen LogP contribution in [0.25, 0.3) is 11.5 Å². The monoisotopic (exact) mass is 400 g/mol. The van der Waals surface area contributed by atoms with Gasteiger partial charge in [0.25, 0.3) is 11.8 Å². The van der Waals surface area contributed by atoms with E-state index in [2.05, 4.69) is 70.9 Å². The second kappa shape index (κ2) is 7.06. The zero-order chi connectivity index (χ0) is 20.9. The van der Waals surface area contributed by atoms with Crippen LogP contribution in [0, 0.1) is 13.8 Å². The van der Waals surface area contributed by atoms with Crippen molar-refractivity contribution < 1.29 is 13.2 Å². The fourth-order valence-electron chi connectivity index (χ4n) is 3.78. The van der Waals surface area contributed by atoms with E-state index >= 15 is 0 Å². The molecule has 152 valence electrons. The minimum atomic E-state index is -2.80. The summed E-state index contributed by atoms with van der Waals surface area (Å²) in [6.07, 6.45) is 1.10. The molecule has 1 aliphatic rings. The molecule has 1 aliphatic heterocycles. The van der Waals surface area contributed by atoms with Gasteiger partial charge in [-0.05, 0) is 43.5 Å². The van der Waals surface area contributed by atoms with Gasteiger partial charge in [0.2, 0.25) is 0 Å². The predicted octanol–water partition coefficient (Wildman–Crippen LogP) is 3.90. The Kier molecular flexibility index (Phi) is 4.68.